The van der Waals surface area contributed by atoms with Crippen molar-refractivity contribution in [2.24, 2.45) is 0 Å². The maximum atomic E-state index is 12.6. The van der Waals surface area contributed by atoms with Gasteiger partial charge in [-0.05, 0) is 74.2 Å². The lowest BCUT2D eigenvalue weighted by Gasteiger charge is -2.25. The van der Waals surface area contributed by atoms with Crippen LogP contribution in [0.15, 0.2) is 63.8 Å². The molecular weight excluding hydrogens is 522 g/mol. The van der Waals surface area contributed by atoms with Crippen LogP contribution < -0.4 is 5.63 Å². The molecule has 2 N–H and O–H groups in total. The first-order valence-corrected chi connectivity index (χ1v) is 14.7. The summed E-state index contributed by atoms with van der Waals surface area (Å²) >= 11 is 0. The molecule has 0 unspecified atom stereocenters. The Morgan fingerprint density at radius 2 is 1.10 bits per heavy atom. The van der Waals surface area contributed by atoms with Gasteiger partial charge in [0.05, 0.1) is 0 Å². The smallest absolute Gasteiger partial charge is 0.358 e. The lowest BCUT2D eigenvalue weighted by atomic mass is 9.80. The molecule has 0 aliphatic carbocycles. The van der Waals surface area contributed by atoms with Crippen LogP contribution in [0.25, 0.3) is 11.1 Å². The molecule has 0 saturated carbocycles. The third-order valence-electron chi connectivity index (χ3n) is 7.39. The van der Waals surface area contributed by atoms with Crippen LogP contribution in [0.2, 0.25) is 0 Å². The monoisotopic (exact) mass is 571 g/mol. The van der Waals surface area contributed by atoms with Crippen molar-refractivity contribution in [3.8, 4) is 11.5 Å². The Hall–Kier alpha value is -3.60. The number of phenols is 2. The zero-order valence-electron chi connectivity index (χ0n) is 27.6. The van der Waals surface area contributed by atoms with Crippen molar-refractivity contribution in [3.63, 3.8) is 0 Å². The van der Waals surface area contributed by atoms with E-state index < -0.39 is 5.63 Å². The first-order chi connectivity index (χ1) is 19.1. The van der Waals surface area contributed by atoms with E-state index in [0.717, 1.165) is 16.7 Å². The number of nitrogens with zero attached hydrogens (tertiary/aromatic N) is 1. The Morgan fingerprint density at radius 1 is 0.619 bits per heavy atom. The fraction of sp³-hybridized carbons (Fsp3) is 0.459. The molecular formula is C37H49NO4. The van der Waals surface area contributed by atoms with Gasteiger partial charge in [-0.2, -0.15) is 0 Å². The molecule has 4 rings (SSSR count). The summed E-state index contributed by atoms with van der Waals surface area (Å²) in [6.07, 6.45) is 0.364. The molecule has 0 saturated heterocycles. The van der Waals surface area contributed by atoms with Crippen molar-refractivity contribution < 1.29 is 14.6 Å². The van der Waals surface area contributed by atoms with E-state index in [1.165, 1.54) is 11.1 Å². The van der Waals surface area contributed by atoms with Crippen LogP contribution in [-0.2, 0) is 28.1 Å². The van der Waals surface area contributed by atoms with Gasteiger partial charge >= 0.3 is 5.63 Å². The van der Waals surface area contributed by atoms with Gasteiger partial charge in [0, 0.05) is 12.0 Å². The van der Waals surface area contributed by atoms with Crippen LogP contribution in [0.3, 0.4) is 0 Å². The summed E-state index contributed by atoms with van der Waals surface area (Å²) in [7, 11) is 0. The predicted octanol–water partition coefficient (Wildman–Crippen LogP) is 9.07. The normalized spacial score (nSPS) is 12.7. The van der Waals surface area contributed by atoms with E-state index in [9.17, 15) is 15.0 Å². The van der Waals surface area contributed by atoms with Gasteiger partial charge in [0.2, 0.25) is 0 Å². The zero-order chi connectivity index (χ0) is 31.8. The van der Waals surface area contributed by atoms with Gasteiger partial charge in [0.1, 0.15) is 22.7 Å². The van der Waals surface area contributed by atoms with Gasteiger partial charge in [-0.25, -0.2) is 9.78 Å². The number of phenolic OH excluding ortho intramolecular Hbond substituents is 2. The minimum atomic E-state index is -0.412. The molecule has 0 amide bonds. The van der Waals surface area contributed by atoms with Crippen LogP contribution in [0, 0.1) is 0 Å². The van der Waals surface area contributed by atoms with Crippen molar-refractivity contribution in [1.82, 2.24) is 4.98 Å². The highest BCUT2D eigenvalue weighted by atomic mass is 16.4. The van der Waals surface area contributed by atoms with E-state index in [0.29, 0.717) is 29.0 Å². The fourth-order valence-corrected chi connectivity index (χ4v) is 4.53. The second-order valence-electron chi connectivity index (χ2n) is 15.4. The molecule has 226 valence electrons. The van der Waals surface area contributed by atoms with Gasteiger partial charge < -0.3 is 14.6 Å². The highest BCUT2D eigenvalue weighted by Gasteiger charge is 2.25. The van der Waals surface area contributed by atoms with E-state index in [1.54, 1.807) is 24.3 Å². The molecule has 42 heavy (non-hydrogen) atoms. The van der Waals surface area contributed by atoms with Crippen LogP contribution in [0.4, 0.5) is 0 Å². The Bertz CT molecular complexity index is 1570. The number of aromatic nitrogens is 1. The Labute approximate surface area is 251 Å². The summed E-state index contributed by atoms with van der Waals surface area (Å²) in [5.41, 5.74) is 6.62. The van der Waals surface area contributed by atoms with Gasteiger partial charge in [0.15, 0.2) is 5.58 Å². The summed E-state index contributed by atoms with van der Waals surface area (Å²) in [5.74, 6) is 0.564. The molecule has 0 aliphatic heterocycles. The van der Waals surface area contributed by atoms with Crippen LogP contribution in [0.1, 0.15) is 117 Å². The first-order valence-electron chi connectivity index (χ1n) is 14.7. The minimum absolute atomic E-state index is 0.0386. The number of rotatable bonds is 2. The van der Waals surface area contributed by atoms with Gasteiger partial charge in [-0.3, -0.25) is 0 Å². The Kier molecular flexibility index (Phi) is 9.08. The second kappa shape index (κ2) is 11.6. The molecule has 0 bridgehead atoms. The zero-order valence-corrected chi connectivity index (χ0v) is 27.6. The van der Waals surface area contributed by atoms with Crippen molar-refractivity contribution in [2.75, 3.05) is 0 Å². The van der Waals surface area contributed by atoms with Crippen molar-refractivity contribution in [3.05, 3.63) is 98.5 Å². The summed E-state index contributed by atoms with van der Waals surface area (Å²) in [4.78, 5) is 17.3. The Balaban J connectivity index is 0.000000274. The van der Waals surface area contributed by atoms with E-state index >= 15 is 0 Å². The molecule has 0 radical (unpaired) electrons. The lowest BCUT2D eigenvalue weighted by molar-refractivity contribution is 0.465. The molecule has 4 aromatic rings. The molecule has 1 heterocycles. The molecule has 5 heteroatoms. The first kappa shape index (κ1) is 32.9. The van der Waals surface area contributed by atoms with Crippen LogP contribution in [-0.4, -0.2) is 15.2 Å². The predicted molar refractivity (Wildman–Crippen MR) is 174 cm³/mol. The fourth-order valence-electron chi connectivity index (χ4n) is 4.53. The lowest BCUT2D eigenvalue weighted by Crippen LogP contribution is -2.19. The highest BCUT2D eigenvalue weighted by molar-refractivity contribution is 5.78. The van der Waals surface area contributed by atoms with Gasteiger partial charge in [-0.15, -0.1) is 0 Å². The van der Waals surface area contributed by atoms with Crippen molar-refractivity contribution in [2.45, 2.75) is 111 Å². The van der Waals surface area contributed by atoms with E-state index in [1.807, 2.05) is 18.2 Å². The maximum Gasteiger partial charge on any atom is 0.358 e. The molecule has 0 fully saturated rings. The third kappa shape index (κ3) is 8.24. The van der Waals surface area contributed by atoms with Gasteiger partial charge in [-0.1, -0.05) is 107 Å². The minimum Gasteiger partial charge on any atom is -0.508 e. The summed E-state index contributed by atoms with van der Waals surface area (Å²) in [5, 5.41) is 19.2. The average Bonchev–Trinajstić information content (AvgIpc) is 2.83. The van der Waals surface area contributed by atoms with Crippen LogP contribution >= 0.6 is 0 Å². The number of fused-ring (bicyclic) bond motifs is 1. The molecule has 5 nitrogen and oxygen atoms in total. The molecule has 0 atom stereocenters. The molecule has 3 aromatic carbocycles. The largest absolute Gasteiger partial charge is 0.508 e. The average molecular weight is 572 g/mol. The number of hydrogen-bond acceptors (Lipinski definition) is 5. The highest BCUT2D eigenvalue weighted by Crippen LogP contribution is 2.35. The summed E-state index contributed by atoms with van der Waals surface area (Å²) < 4.78 is 5.75. The number of benzene rings is 3. The number of aromatic hydroxyl groups is 2. The second-order valence-corrected chi connectivity index (χ2v) is 15.4. The summed E-state index contributed by atoms with van der Waals surface area (Å²) in [6, 6.07) is 16.8. The molecule has 1 aromatic heterocycles. The van der Waals surface area contributed by atoms with E-state index in [2.05, 4.69) is 100 Å². The molecule has 0 spiro atoms. The summed E-state index contributed by atoms with van der Waals surface area (Å²) in [6.45, 7) is 25.8. The van der Waals surface area contributed by atoms with E-state index in [4.69, 9.17) is 4.42 Å². The maximum absolute atomic E-state index is 12.6. The molecule has 0 aliphatic rings. The van der Waals surface area contributed by atoms with Crippen LogP contribution in [0.5, 0.6) is 11.5 Å². The third-order valence-corrected chi connectivity index (χ3v) is 7.39. The van der Waals surface area contributed by atoms with Crippen molar-refractivity contribution >= 4 is 11.1 Å². The quantitative estimate of drug-likeness (QED) is 0.251. The standard InChI is InChI=1S/C23H27NO3.C14H22O/c1-22(2,3)15-12-17(23(4,5)6)20-18(13-15)24-19(21(26)27-20)11-14-7-9-16(25)10-8-14;1-13(2,3)10-7-11(14(4,5)6)9-12(15)8-10/h7-10,12-13,25H,11H2,1-6H3;7-9,15H,1-6H3. The Morgan fingerprint density at radius 3 is 1.55 bits per heavy atom. The van der Waals surface area contributed by atoms with Crippen molar-refractivity contribution in [1.29, 1.82) is 0 Å². The SMILES string of the molecule is CC(C)(C)c1cc(C(C)(C)C)c2oc(=O)c(Cc3ccc(O)cc3)nc2c1.CC(C)(C)c1cc(O)cc(C(C)(C)C)c1. The van der Waals surface area contributed by atoms with Gasteiger partial charge in [0.25, 0.3) is 0 Å². The number of hydrogen-bond donors (Lipinski definition) is 2. The van der Waals surface area contributed by atoms with E-state index in [-0.39, 0.29) is 27.4 Å². The topological polar surface area (TPSA) is 83.6 Å².